The van der Waals surface area contributed by atoms with Crippen molar-refractivity contribution in [2.45, 2.75) is 37.8 Å². The molecule has 182 valence electrons. The maximum Gasteiger partial charge on any atom is 0.251 e. The SMILES string of the molecule is O=C(N[C@@H]1CCOC[C@H]1NC(=O)c1ccc(N2CCCCC2=O)cc1)c1ccc2c(Cl)c[nH]c2c1. The van der Waals surface area contributed by atoms with Gasteiger partial charge in [0.15, 0.2) is 0 Å². The van der Waals surface area contributed by atoms with Gasteiger partial charge in [0.2, 0.25) is 5.91 Å². The lowest BCUT2D eigenvalue weighted by atomic mass is 10.0. The summed E-state index contributed by atoms with van der Waals surface area (Å²) in [6.45, 7) is 1.51. The number of carbonyl (C=O) groups excluding carboxylic acids is 3. The third-order valence-electron chi connectivity index (χ3n) is 6.65. The maximum atomic E-state index is 12.9. The van der Waals surface area contributed by atoms with Gasteiger partial charge in [-0.15, -0.1) is 0 Å². The Kier molecular flexibility index (Phi) is 6.74. The van der Waals surface area contributed by atoms with Gasteiger partial charge >= 0.3 is 0 Å². The number of rotatable bonds is 5. The fraction of sp³-hybridized carbons (Fsp3) is 0.346. The van der Waals surface area contributed by atoms with Crippen LogP contribution in [0, 0.1) is 0 Å². The largest absolute Gasteiger partial charge is 0.379 e. The molecule has 3 heterocycles. The number of H-pyrrole nitrogens is 1. The molecule has 0 saturated carbocycles. The third kappa shape index (κ3) is 5.04. The Morgan fingerprint density at radius 1 is 1.00 bits per heavy atom. The quantitative estimate of drug-likeness (QED) is 0.503. The minimum atomic E-state index is -0.368. The zero-order valence-corrected chi connectivity index (χ0v) is 19.9. The summed E-state index contributed by atoms with van der Waals surface area (Å²) in [6, 6.07) is 11.7. The van der Waals surface area contributed by atoms with Crippen molar-refractivity contribution in [1.29, 1.82) is 0 Å². The molecule has 3 amide bonds. The van der Waals surface area contributed by atoms with Crippen molar-refractivity contribution in [2.24, 2.45) is 0 Å². The number of aromatic amines is 1. The number of halogens is 1. The molecule has 1 aromatic heterocycles. The van der Waals surface area contributed by atoms with Crippen molar-refractivity contribution in [3.05, 3.63) is 64.8 Å². The summed E-state index contributed by atoms with van der Waals surface area (Å²) in [5.41, 5.74) is 2.59. The lowest BCUT2D eigenvalue weighted by Crippen LogP contribution is -2.56. The second-order valence-corrected chi connectivity index (χ2v) is 9.38. The van der Waals surface area contributed by atoms with Crippen LogP contribution < -0.4 is 15.5 Å². The molecule has 3 N–H and O–H groups in total. The maximum absolute atomic E-state index is 12.9. The molecule has 2 saturated heterocycles. The van der Waals surface area contributed by atoms with Gasteiger partial charge < -0.3 is 25.3 Å². The van der Waals surface area contributed by atoms with E-state index in [1.165, 1.54) is 0 Å². The second kappa shape index (κ2) is 10.1. The first-order valence-corrected chi connectivity index (χ1v) is 12.2. The van der Waals surface area contributed by atoms with Crippen LogP contribution in [0.1, 0.15) is 46.4 Å². The molecule has 9 heteroatoms. The van der Waals surface area contributed by atoms with Gasteiger partial charge in [0, 0.05) is 53.5 Å². The molecule has 0 spiro atoms. The first kappa shape index (κ1) is 23.4. The van der Waals surface area contributed by atoms with Crippen molar-refractivity contribution in [1.82, 2.24) is 15.6 Å². The average Bonchev–Trinajstić information content (AvgIpc) is 3.25. The number of nitrogens with zero attached hydrogens (tertiary/aromatic N) is 1. The molecule has 0 aliphatic carbocycles. The fourth-order valence-electron chi connectivity index (χ4n) is 4.66. The van der Waals surface area contributed by atoms with Gasteiger partial charge in [-0.2, -0.15) is 0 Å². The molecule has 2 fully saturated rings. The molecule has 2 atom stereocenters. The van der Waals surface area contributed by atoms with Crippen LogP contribution in [0.5, 0.6) is 0 Å². The summed E-state index contributed by atoms with van der Waals surface area (Å²) >= 11 is 6.13. The molecule has 3 aromatic rings. The van der Waals surface area contributed by atoms with Crippen LogP contribution >= 0.6 is 11.6 Å². The Balaban J connectivity index is 1.24. The number of anilines is 1. The second-order valence-electron chi connectivity index (χ2n) is 8.97. The van der Waals surface area contributed by atoms with Crippen molar-refractivity contribution in [3.63, 3.8) is 0 Å². The molecule has 2 aliphatic rings. The third-order valence-corrected chi connectivity index (χ3v) is 6.96. The van der Waals surface area contributed by atoms with Gasteiger partial charge in [0.1, 0.15) is 0 Å². The number of benzene rings is 2. The highest BCUT2D eigenvalue weighted by Gasteiger charge is 2.29. The number of piperidine rings is 1. The van der Waals surface area contributed by atoms with Crippen molar-refractivity contribution in [3.8, 4) is 0 Å². The van der Waals surface area contributed by atoms with Gasteiger partial charge in [0.25, 0.3) is 11.8 Å². The minimum Gasteiger partial charge on any atom is -0.379 e. The lowest BCUT2D eigenvalue weighted by Gasteiger charge is -2.33. The summed E-state index contributed by atoms with van der Waals surface area (Å²) in [6.07, 6.45) is 4.74. The minimum absolute atomic E-state index is 0.116. The van der Waals surface area contributed by atoms with Crippen LogP contribution in [-0.2, 0) is 9.53 Å². The van der Waals surface area contributed by atoms with E-state index in [0.29, 0.717) is 48.7 Å². The molecule has 0 unspecified atom stereocenters. The van der Waals surface area contributed by atoms with Crippen LogP contribution in [0.15, 0.2) is 48.7 Å². The van der Waals surface area contributed by atoms with Crippen LogP contribution in [0.25, 0.3) is 10.9 Å². The Morgan fingerprint density at radius 2 is 1.74 bits per heavy atom. The fourth-order valence-corrected chi connectivity index (χ4v) is 4.88. The zero-order valence-electron chi connectivity index (χ0n) is 19.2. The van der Waals surface area contributed by atoms with E-state index in [1.54, 1.807) is 47.5 Å². The summed E-state index contributed by atoms with van der Waals surface area (Å²) in [4.78, 5) is 42.9. The predicted molar refractivity (Wildman–Crippen MR) is 134 cm³/mol. The zero-order chi connectivity index (χ0) is 24.4. The van der Waals surface area contributed by atoms with E-state index < -0.39 is 0 Å². The van der Waals surface area contributed by atoms with Crippen LogP contribution in [0.4, 0.5) is 5.69 Å². The standard InChI is InChI=1S/C26H27ClN4O4/c27-20-14-28-22-13-17(6-9-19(20)22)26(34)29-21-10-12-35-15-23(21)30-25(33)16-4-7-18(8-5-16)31-11-2-1-3-24(31)32/h4-9,13-14,21,23,28H,1-3,10-12,15H2,(H,29,34)(H,30,33)/t21-,23-/m1/s1. The van der Waals surface area contributed by atoms with E-state index in [2.05, 4.69) is 15.6 Å². The molecular formula is C26H27ClN4O4. The number of hydrogen-bond acceptors (Lipinski definition) is 4. The topological polar surface area (TPSA) is 104 Å². The number of ether oxygens (including phenoxy) is 1. The van der Waals surface area contributed by atoms with Crippen LogP contribution in [0.3, 0.4) is 0 Å². The molecule has 2 aliphatic heterocycles. The normalized spacial score (nSPS) is 20.6. The van der Waals surface area contributed by atoms with Crippen molar-refractivity contribution in [2.75, 3.05) is 24.7 Å². The average molecular weight is 495 g/mol. The van der Waals surface area contributed by atoms with Gasteiger partial charge in [-0.1, -0.05) is 17.7 Å². The highest BCUT2D eigenvalue weighted by molar-refractivity contribution is 6.35. The number of amides is 3. The Labute approximate surface area is 208 Å². The van der Waals surface area contributed by atoms with E-state index in [1.807, 2.05) is 6.07 Å². The highest BCUT2D eigenvalue weighted by Crippen LogP contribution is 2.24. The Bertz CT molecular complexity index is 1260. The van der Waals surface area contributed by atoms with E-state index in [4.69, 9.17) is 16.3 Å². The van der Waals surface area contributed by atoms with E-state index in [0.717, 1.165) is 29.4 Å². The van der Waals surface area contributed by atoms with Crippen molar-refractivity contribution >= 4 is 45.9 Å². The van der Waals surface area contributed by atoms with Gasteiger partial charge in [-0.3, -0.25) is 14.4 Å². The first-order chi connectivity index (χ1) is 17.0. The number of hydrogen-bond donors (Lipinski definition) is 3. The number of carbonyl (C=O) groups is 3. The monoisotopic (exact) mass is 494 g/mol. The number of aromatic nitrogens is 1. The van der Waals surface area contributed by atoms with E-state index in [-0.39, 0.29) is 29.8 Å². The molecule has 2 aromatic carbocycles. The molecule has 0 bridgehead atoms. The van der Waals surface area contributed by atoms with E-state index >= 15 is 0 Å². The Morgan fingerprint density at radius 3 is 2.54 bits per heavy atom. The van der Waals surface area contributed by atoms with Gasteiger partial charge in [0.05, 0.1) is 23.7 Å². The van der Waals surface area contributed by atoms with E-state index in [9.17, 15) is 14.4 Å². The smallest absolute Gasteiger partial charge is 0.251 e. The lowest BCUT2D eigenvalue weighted by molar-refractivity contribution is -0.119. The molecule has 5 rings (SSSR count). The summed E-state index contributed by atoms with van der Waals surface area (Å²) < 4.78 is 5.58. The highest BCUT2D eigenvalue weighted by atomic mass is 35.5. The summed E-state index contributed by atoms with van der Waals surface area (Å²) in [7, 11) is 0. The predicted octanol–water partition coefficient (Wildman–Crippen LogP) is 3.66. The van der Waals surface area contributed by atoms with Crippen molar-refractivity contribution < 1.29 is 19.1 Å². The summed E-state index contributed by atoms with van der Waals surface area (Å²) in [5, 5.41) is 7.51. The van der Waals surface area contributed by atoms with Gasteiger partial charge in [-0.25, -0.2) is 0 Å². The molecule has 0 radical (unpaired) electrons. The molecular weight excluding hydrogens is 468 g/mol. The Hall–Kier alpha value is -3.36. The van der Waals surface area contributed by atoms with Gasteiger partial charge in [-0.05, 0) is 55.7 Å². The molecule has 35 heavy (non-hydrogen) atoms. The summed E-state index contributed by atoms with van der Waals surface area (Å²) in [5.74, 6) is -0.358. The molecule has 8 nitrogen and oxygen atoms in total. The number of nitrogens with one attached hydrogen (secondary N) is 3. The number of fused-ring (bicyclic) bond motifs is 1. The van der Waals surface area contributed by atoms with Crippen LogP contribution in [-0.4, -0.2) is 54.5 Å². The van der Waals surface area contributed by atoms with Crippen LogP contribution in [0.2, 0.25) is 5.02 Å². The first-order valence-electron chi connectivity index (χ1n) is 11.9.